The monoisotopic (exact) mass is 215 g/mol. The number of ether oxygens (including phenoxy) is 2. The first kappa shape index (κ1) is 12.9. The normalized spacial score (nSPS) is 20.4. The zero-order valence-electron chi connectivity index (χ0n) is 10.1. The van der Waals surface area contributed by atoms with Crippen LogP contribution in [0.25, 0.3) is 0 Å². The third kappa shape index (κ3) is 5.50. The third-order valence-corrected chi connectivity index (χ3v) is 2.88. The van der Waals surface area contributed by atoms with E-state index >= 15 is 0 Å². The molecule has 1 fully saturated rings. The van der Waals surface area contributed by atoms with Crippen molar-refractivity contribution in [2.24, 2.45) is 0 Å². The predicted octanol–water partition coefficient (Wildman–Crippen LogP) is 1.96. The molecule has 0 amide bonds. The Balaban J connectivity index is 2.09. The molecule has 0 radical (unpaired) electrons. The molecule has 0 aromatic heterocycles. The Morgan fingerprint density at radius 3 is 2.67 bits per heavy atom. The Labute approximate surface area is 93.5 Å². The fourth-order valence-electron chi connectivity index (χ4n) is 1.76. The van der Waals surface area contributed by atoms with Gasteiger partial charge in [0.2, 0.25) is 0 Å². The van der Waals surface area contributed by atoms with Gasteiger partial charge in [0.1, 0.15) is 0 Å². The van der Waals surface area contributed by atoms with Crippen LogP contribution in [0.15, 0.2) is 0 Å². The van der Waals surface area contributed by atoms with Crippen LogP contribution < -0.4 is 5.32 Å². The molecule has 15 heavy (non-hydrogen) atoms. The predicted molar refractivity (Wildman–Crippen MR) is 62.2 cm³/mol. The number of rotatable bonds is 7. The van der Waals surface area contributed by atoms with Crippen LogP contribution >= 0.6 is 0 Å². The van der Waals surface area contributed by atoms with Gasteiger partial charge in [-0.3, -0.25) is 0 Å². The van der Waals surface area contributed by atoms with E-state index in [2.05, 4.69) is 19.2 Å². The van der Waals surface area contributed by atoms with Gasteiger partial charge >= 0.3 is 0 Å². The van der Waals surface area contributed by atoms with Gasteiger partial charge in [0.05, 0.1) is 12.7 Å². The summed E-state index contributed by atoms with van der Waals surface area (Å²) in [4.78, 5) is 0. The van der Waals surface area contributed by atoms with Gasteiger partial charge in [0.15, 0.2) is 0 Å². The Morgan fingerprint density at radius 2 is 2.07 bits per heavy atom. The van der Waals surface area contributed by atoms with Gasteiger partial charge in [0.25, 0.3) is 0 Å². The highest BCUT2D eigenvalue weighted by atomic mass is 16.5. The molecule has 0 saturated carbocycles. The van der Waals surface area contributed by atoms with Crippen LogP contribution in [-0.4, -0.2) is 38.5 Å². The van der Waals surface area contributed by atoms with Gasteiger partial charge in [-0.05, 0) is 32.2 Å². The minimum absolute atomic E-state index is 0.427. The summed E-state index contributed by atoms with van der Waals surface area (Å²) in [5.74, 6) is 0. The van der Waals surface area contributed by atoms with Crippen LogP contribution in [0.2, 0.25) is 0 Å². The van der Waals surface area contributed by atoms with Crippen LogP contribution in [0.5, 0.6) is 0 Å². The van der Waals surface area contributed by atoms with Crippen molar-refractivity contribution in [3.8, 4) is 0 Å². The maximum absolute atomic E-state index is 5.89. The number of hydrogen-bond donors (Lipinski definition) is 1. The van der Waals surface area contributed by atoms with E-state index in [1.54, 1.807) is 0 Å². The average molecular weight is 215 g/mol. The van der Waals surface area contributed by atoms with E-state index in [1.165, 1.54) is 6.42 Å². The summed E-state index contributed by atoms with van der Waals surface area (Å²) in [5, 5.41) is 3.50. The van der Waals surface area contributed by atoms with E-state index in [0.717, 1.165) is 45.6 Å². The summed E-state index contributed by atoms with van der Waals surface area (Å²) in [6.45, 7) is 8.07. The number of nitrogens with one attached hydrogen (secondary N) is 1. The molecule has 0 aliphatic carbocycles. The van der Waals surface area contributed by atoms with Crippen molar-refractivity contribution in [3.05, 3.63) is 0 Å². The summed E-state index contributed by atoms with van der Waals surface area (Å²) < 4.78 is 11.2. The summed E-state index contributed by atoms with van der Waals surface area (Å²) in [5.41, 5.74) is 0. The van der Waals surface area contributed by atoms with E-state index in [-0.39, 0.29) is 0 Å². The lowest BCUT2D eigenvalue weighted by atomic mass is 10.1. The molecule has 1 aliphatic rings. The van der Waals surface area contributed by atoms with Gasteiger partial charge in [-0.2, -0.15) is 0 Å². The molecule has 90 valence electrons. The van der Waals surface area contributed by atoms with E-state index in [0.29, 0.717) is 12.1 Å². The van der Waals surface area contributed by atoms with Crippen LogP contribution in [0.1, 0.15) is 39.5 Å². The Bertz CT molecular complexity index is 147. The molecule has 1 heterocycles. The smallest absolute Gasteiger partial charge is 0.0623 e. The lowest BCUT2D eigenvalue weighted by Gasteiger charge is -2.25. The van der Waals surface area contributed by atoms with Crippen LogP contribution in [0, 0.1) is 0 Å². The molecule has 1 N–H and O–H groups in total. The van der Waals surface area contributed by atoms with E-state index < -0.39 is 0 Å². The van der Waals surface area contributed by atoms with Crippen molar-refractivity contribution < 1.29 is 9.47 Å². The Kier molecular flexibility index (Phi) is 6.98. The quantitative estimate of drug-likeness (QED) is 0.704. The van der Waals surface area contributed by atoms with Crippen molar-refractivity contribution in [1.29, 1.82) is 0 Å². The summed E-state index contributed by atoms with van der Waals surface area (Å²) in [6, 6.07) is 0.521. The molecule has 0 aromatic carbocycles. The molecule has 1 aliphatic heterocycles. The molecule has 3 heteroatoms. The number of hydrogen-bond acceptors (Lipinski definition) is 3. The van der Waals surface area contributed by atoms with Crippen molar-refractivity contribution in [3.63, 3.8) is 0 Å². The summed E-state index contributed by atoms with van der Waals surface area (Å²) >= 11 is 0. The van der Waals surface area contributed by atoms with Gasteiger partial charge in [-0.25, -0.2) is 0 Å². The van der Waals surface area contributed by atoms with E-state index in [9.17, 15) is 0 Å². The van der Waals surface area contributed by atoms with Gasteiger partial charge in [-0.1, -0.05) is 13.8 Å². The molecule has 3 nitrogen and oxygen atoms in total. The lowest BCUT2D eigenvalue weighted by molar-refractivity contribution is -0.0382. The van der Waals surface area contributed by atoms with Crippen LogP contribution in [-0.2, 0) is 9.47 Å². The Morgan fingerprint density at radius 1 is 1.33 bits per heavy atom. The minimum atomic E-state index is 0.427. The second-order valence-corrected chi connectivity index (χ2v) is 4.20. The van der Waals surface area contributed by atoms with Crippen molar-refractivity contribution in [1.82, 2.24) is 5.32 Å². The first-order valence-corrected chi connectivity index (χ1v) is 6.29. The fraction of sp³-hybridized carbons (Fsp3) is 1.00. The fourth-order valence-corrected chi connectivity index (χ4v) is 1.76. The highest BCUT2D eigenvalue weighted by Gasteiger charge is 2.15. The van der Waals surface area contributed by atoms with Crippen LogP contribution in [0.3, 0.4) is 0 Å². The lowest BCUT2D eigenvalue weighted by Crippen LogP contribution is -2.36. The van der Waals surface area contributed by atoms with Gasteiger partial charge in [0, 0.05) is 19.3 Å². The van der Waals surface area contributed by atoms with Crippen molar-refractivity contribution >= 4 is 0 Å². The zero-order valence-corrected chi connectivity index (χ0v) is 10.1. The third-order valence-electron chi connectivity index (χ3n) is 2.88. The highest BCUT2D eigenvalue weighted by molar-refractivity contribution is 4.67. The van der Waals surface area contributed by atoms with Gasteiger partial charge < -0.3 is 14.8 Å². The second kappa shape index (κ2) is 8.08. The zero-order chi connectivity index (χ0) is 10.9. The molecule has 0 aromatic rings. The maximum Gasteiger partial charge on any atom is 0.0623 e. The molecule has 1 unspecified atom stereocenters. The molecule has 0 spiro atoms. The second-order valence-electron chi connectivity index (χ2n) is 4.20. The molecule has 1 atom stereocenters. The Hall–Kier alpha value is -0.120. The topological polar surface area (TPSA) is 30.5 Å². The first-order chi connectivity index (χ1) is 7.36. The minimum Gasteiger partial charge on any atom is -0.381 e. The maximum atomic E-state index is 5.89. The SMILES string of the molecule is CCCNC(CC)COC1CCOCC1. The summed E-state index contributed by atoms with van der Waals surface area (Å²) in [7, 11) is 0. The molecule has 0 bridgehead atoms. The van der Waals surface area contributed by atoms with E-state index in [4.69, 9.17) is 9.47 Å². The molecule has 1 rings (SSSR count). The molecule has 1 saturated heterocycles. The van der Waals surface area contributed by atoms with Crippen LogP contribution in [0.4, 0.5) is 0 Å². The first-order valence-electron chi connectivity index (χ1n) is 6.29. The standard InChI is InChI=1S/C12H25NO2/c1-3-7-13-11(4-2)10-15-12-5-8-14-9-6-12/h11-13H,3-10H2,1-2H3. The molecular formula is C12H25NO2. The van der Waals surface area contributed by atoms with Crippen molar-refractivity contribution in [2.75, 3.05) is 26.4 Å². The van der Waals surface area contributed by atoms with Crippen molar-refractivity contribution in [2.45, 2.75) is 51.7 Å². The molecular weight excluding hydrogens is 190 g/mol. The van der Waals surface area contributed by atoms with Gasteiger partial charge in [-0.15, -0.1) is 0 Å². The average Bonchev–Trinajstić information content (AvgIpc) is 2.31. The largest absolute Gasteiger partial charge is 0.381 e. The highest BCUT2D eigenvalue weighted by Crippen LogP contribution is 2.11. The summed E-state index contributed by atoms with van der Waals surface area (Å²) in [6.07, 6.45) is 4.88. The van der Waals surface area contributed by atoms with E-state index in [1.807, 2.05) is 0 Å².